The lowest BCUT2D eigenvalue weighted by molar-refractivity contribution is 0.435. The van der Waals surface area contributed by atoms with Crippen molar-refractivity contribution in [2.75, 3.05) is 0 Å². The Morgan fingerprint density at radius 1 is 1.10 bits per heavy atom. The molecule has 2 aromatic heterocycles. The molecule has 4 rings (SSSR count). The van der Waals surface area contributed by atoms with Gasteiger partial charge >= 0.3 is 0 Å². The van der Waals surface area contributed by atoms with Crippen molar-refractivity contribution < 1.29 is 0 Å². The Morgan fingerprint density at radius 2 is 1.90 bits per heavy atom. The van der Waals surface area contributed by atoms with Gasteiger partial charge in [-0.3, -0.25) is 4.99 Å². The van der Waals surface area contributed by atoms with Crippen molar-refractivity contribution in [3.63, 3.8) is 0 Å². The Kier molecular flexibility index (Phi) is 6.97. The van der Waals surface area contributed by atoms with Crippen molar-refractivity contribution in [1.29, 1.82) is 0 Å². The largest absolute Gasteiger partial charge is 0.254 e. The molecule has 3 aromatic rings. The van der Waals surface area contributed by atoms with E-state index >= 15 is 0 Å². The number of halogens is 3. The van der Waals surface area contributed by atoms with E-state index in [-0.39, 0.29) is 0 Å². The number of aromatic nitrogens is 1. The van der Waals surface area contributed by atoms with E-state index in [9.17, 15) is 0 Å². The van der Waals surface area contributed by atoms with Crippen LogP contribution in [0.2, 0.25) is 10.0 Å². The molecule has 0 aliphatic heterocycles. The molecule has 0 N–H and O–H groups in total. The van der Waals surface area contributed by atoms with Crippen molar-refractivity contribution in [3.05, 3.63) is 59.9 Å². The SMILES string of the molecule is C/C(=N\n1c(-c2ccc(Br)s2)csc1=NC1CCCCC1)c1ccc(Cl)c(Cl)c1. The predicted molar refractivity (Wildman–Crippen MR) is 130 cm³/mol. The van der Waals surface area contributed by atoms with E-state index in [1.54, 1.807) is 28.7 Å². The number of rotatable bonds is 4. The number of thiazole rings is 1. The van der Waals surface area contributed by atoms with Gasteiger partial charge in [0.2, 0.25) is 4.80 Å². The second-order valence-electron chi connectivity index (χ2n) is 7.05. The molecule has 0 saturated heterocycles. The summed E-state index contributed by atoms with van der Waals surface area (Å²) in [7, 11) is 0. The minimum Gasteiger partial charge on any atom is -0.254 e. The minimum atomic E-state index is 0.386. The molecule has 8 heteroatoms. The molecule has 1 aliphatic rings. The summed E-state index contributed by atoms with van der Waals surface area (Å²) in [5.74, 6) is 0. The molecule has 29 heavy (non-hydrogen) atoms. The first-order chi connectivity index (χ1) is 14.0. The molecule has 0 unspecified atom stereocenters. The second-order valence-corrected chi connectivity index (χ2v) is 11.2. The van der Waals surface area contributed by atoms with Gasteiger partial charge in [0.05, 0.1) is 36.2 Å². The molecule has 3 nitrogen and oxygen atoms in total. The standard InChI is InChI=1S/C21H20BrCl2N3S2/c1-13(14-7-8-16(23)17(24)11-14)26-27-18(19-9-10-20(22)29-19)12-28-21(27)25-15-5-3-2-4-6-15/h7-12,15H,2-6H2,1H3/b25-21?,26-13+. The quantitative estimate of drug-likeness (QED) is 0.308. The van der Waals surface area contributed by atoms with E-state index in [1.807, 2.05) is 23.7 Å². The second kappa shape index (κ2) is 9.48. The van der Waals surface area contributed by atoms with Gasteiger partial charge in [0.1, 0.15) is 0 Å². The molecule has 1 fully saturated rings. The fourth-order valence-electron chi connectivity index (χ4n) is 3.40. The van der Waals surface area contributed by atoms with Crippen LogP contribution < -0.4 is 4.80 Å². The maximum Gasteiger partial charge on any atom is 0.206 e. The summed E-state index contributed by atoms with van der Waals surface area (Å²) in [6.07, 6.45) is 6.16. The lowest BCUT2D eigenvalue weighted by Gasteiger charge is -2.17. The van der Waals surface area contributed by atoms with Crippen molar-refractivity contribution in [1.82, 2.24) is 4.68 Å². The molecule has 0 atom stereocenters. The van der Waals surface area contributed by atoms with Gasteiger partial charge in [0.15, 0.2) is 0 Å². The smallest absolute Gasteiger partial charge is 0.206 e. The van der Waals surface area contributed by atoms with Gasteiger partial charge in [-0.15, -0.1) is 22.7 Å². The third kappa shape index (κ3) is 5.05. The van der Waals surface area contributed by atoms with Crippen LogP contribution in [0.5, 0.6) is 0 Å². The lowest BCUT2D eigenvalue weighted by atomic mass is 9.96. The van der Waals surface area contributed by atoms with Gasteiger partial charge in [0.25, 0.3) is 0 Å². The summed E-state index contributed by atoms with van der Waals surface area (Å²) < 4.78 is 3.08. The fourth-order valence-corrected chi connectivity index (χ4v) is 6.06. The summed E-state index contributed by atoms with van der Waals surface area (Å²) in [4.78, 5) is 7.17. The van der Waals surface area contributed by atoms with Gasteiger partial charge in [-0.1, -0.05) is 48.5 Å². The van der Waals surface area contributed by atoms with Crippen molar-refractivity contribution in [3.8, 4) is 10.6 Å². The number of thiophene rings is 1. The molecule has 1 aromatic carbocycles. The van der Waals surface area contributed by atoms with Crippen molar-refractivity contribution >= 4 is 67.5 Å². The maximum absolute atomic E-state index is 6.22. The average molecular weight is 529 g/mol. The highest BCUT2D eigenvalue weighted by atomic mass is 79.9. The molecule has 1 aliphatic carbocycles. The van der Waals surface area contributed by atoms with Crippen LogP contribution in [-0.2, 0) is 0 Å². The van der Waals surface area contributed by atoms with Gasteiger partial charge < -0.3 is 0 Å². The van der Waals surface area contributed by atoms with Gasteiger partial charge in [0, 0.05) is 5.38 Å². The Morgan fingerprint density at radius 3 is 2.59 bits per heavy atom. The molecule has 0 amide bonds. The van der Waals surface area contributed by atoms with Gasteiger partial charge in [-0.25, -0.2) is 4.68 Å². The highest BCUT2D eigenvalue weighted by Gasteiger charge is 2.15. The number of hydrogen-bond acceptors (Lipinski definition) is 4. The van der Waals surface area contributed by atoms with Crippen LogP contribution in [-0.4, -0.2) is 16.4 Å². The molecule has 0 radical (unpaired) electrons. The molecular formula is C21H20BrCl2N3S2. The first-order valence-corrected chi connectivity index (χ1v) is 12.8. The maximum atomic E-state index is 6.22. The summed E-state index contributed by atoms with van der Waals surface area (Å²) in [5, 5.41) is 8.17. The lowest BCUT2D eigenvalue weighted by Crippen LogP contribution is -2.19. The van der Waals surface area contributed by atoms with E-state index in [2.05, 4.69) is 33.4 Å². The first-order valence-electron chi connectivity index (χ1n) is 9.52. The van der Waals surface area contributed by atoms with Crippen LogP contribution >= 0.6 is 61.8 Å². The van der Waals surface area contributed by atoms with Crippen molar-refractivity contribution in [2.24, 2.45) is 10.1 Å². The number of hydrogen-bond donors (Lipinski definition) is 0. The zero-order chi connectivity index (χ0) is 20.4. The molecule has 152 valence electrons. The topological polar surface area (TPSA) is 29.6 Å². The third-order valence-electron chi connectivity index (χ3n) is 4.97. The number of nitrogens with zero attached hydrogens (tertiary/aromatic N) is 3. The molecule has 1 saturated carbocycles. The molecular weight excluding hydrogens is 509 g/mol. The van der Waals surface area contributed by atoms with E-state index in [0.717, 1.165) is 43.3 Å². The van der Waals surface area contributed by atoms with Crippen molar-refractivity contribution in [2.45, 2.75) is 45.1 Å². The van der Waals surface area contributed by atoms with E-state index < -0.39 is 0 Å². The molecule has 0 spiro atoms. The van der Waals surface area contributed by atoms with Crippen LogP contribution in [0.4, 0.5) is 0 Å². The van der Waals surface area contributed by atoms with E-state index in [0.29, 0.717) is 16.1 Å². The Bertz CT molecular complexity index is 1110. The van der Waals surface area contributed by atoms with E-state index in [4.69, 9.17) is 33.3 Å². The summed E-state index contributed by atoms with van der Waals surface area (Å²) in [5.41, 5.74) is 2.86. The zero-order valence-electron chi connectivity index (χ0n) is 15.9. The average Bonchev–Trinajstić information content (AvgIpc) is 3.31. The molecule has 2 heterocycles. The zero-order valence-corrected chi connectivity index (χ0v) is 20.6. The van der Waals surface area contributed by atoms with Crippen LogP contribution in [0.15, 0.2) is 49.6 Å². The minimum absolute atomic E-state index is 0.386. The van der Waals surface area contributed by atoms with Gasteiger partial charge in [-0.2, -0.15) is 5.10 Å². The summed E-state index contributed by atoms with van der Waals surface area (Å²) in [6.45, 7) is 1.99. The Balaban J connectivity index is 1.81. The monoisotopic (exact) mass is 527 g/mol. The first kappa shape index (κ1) is 21.3. The summed E-state index contributed by atoms with van der Waals surface area (Å²) >= 11 is 19.2. The normalized spacial score (nSPS) is 16.6. The Labute approximate surface area is 196 Å². The molecule has 0 bridgehead atoms. The fraction of sp³-hybridized carbons (Fsp3) is 0.333. The highest BCUT2D eigenvalue weighted by molar-refractivity contribution is 9.11. The van der Waals surface area contributed by atoms with Crippen LogP contribution in [0, 0.1) is 0 Å². The van der Waals surface area contributed by atoms with Gasteiger partial charge in [-0.05, 0) is 65.5 Å². The third-order valence-corrected chi connectivity index (χ3v) is 8.18. The predicted octanol–water partition coefficient (Wildman–Crippen LogP) is 7.85. The van der Waals surface area contributed by atoms with E-state index in [1.165, 1.54) is 19.3 Å². The number of benzene rings is 1. The summed E-state index contributed by atoms with van der Waals surface area (Å²) in [6, 6.07) is 10.2. The van der Waals surface area contributed by atoms with Crippen LogP contribution in [0.1, 0.15) is 44.6 Å². The highest BCUT2D eigenvalue weighted by Crippen LogP contribution is 2.32. The van der Waals surface area contributed by atoms with Crippen LogP contribution in [0.3, 0.4) is 0 Å². The Hall–Kier alpha value is -0.920. The van der Waals surface area contributed by atoms with Crippen LogP contribution in [0.25, 0.3) is 10.6 Å².